The van der Waals surface area contributed by atoms with Gasteiger partial charge in [-0.2, -0.15) is 0 Å². The number of amides is 1. The molecule has 2 N–H and O–H groups in total. The van der Waals surface area contributed by atoms with E-state index in [9.17, 15) is 4.79 Å². The molecule has 0 unspecified atom stereocenters. The van der Waals surface area contributed by atoms with E-state index in [-0.39, 0.29) is 11.3 Å². The minimum Gasteiger partial charge on any atom is -0.319 e. The van der Waals surface area contributed by atoms with Crippen LogP contribution in [-0.4, -0.2) is 19.5 Å². The van der Waals surface area contributed by atoms with Crippen molar-refractivity contribution in [2.24, 2.45) is 5.41 Å². The van der Waals surface area contributed by atoms with Crippen molar-refractivity contribution < 1.29 is 4.79 Å². The molecule has 1 aliphatic carbocycles. The van der Waals surface area contributed by atoms with Gasteiger partial charge in [-0.3, -0.25) is 4.79 Å². The van der Waals surface area contributed by atoms with Crippen LogP contribution in [0.15, 0.2) is 17.5 Å². The van der Waals surface area contributed by atoms with E-state index in [1.807, 2.05) is 24.6 Å². The summed E-state index contributed by atoms with van der Waals surface area (Å²) in [5, 5.41) is 8.93. The first kappa shape index (κ1) is 9.68. The van der Waals surface area contributed by atoms with E-state index >= 15 is 0 Å². The molecule has 0 spiro atoms. The summed E-state index contributed by atoms with van der Waals surface area (Å²) in [4.78, 5) is 11.8. The highest BCUT2D eigenvalue weighted by Crippen LogP contribution is 2.46. The topological polar surface area (TPSA) is 41.1 Å². The largest absolute Gasteiger partial charge is 0.319 e. The number of hydrogen-bond donors (Lipinski definition) is 2. The molecule has 0 radical (unpaired) electrons. The van der Waals surface area contributed by atoms with Crippen LogP contribution in [0.4, 0.5) is 5.00 Å². The van der Waals surface area contributed by atoms with Crippen LogP contribution in [0.1, 0.15) is 12.8 Å². The highest BCUT2D eigenvalue weighted by molar-refractivity contribution is 7.14. The normalized spacial score (nSPS) is 17.8. The van der Waals surface area contributed by atoms with Crippen molar-refractivity contribution in [3.63, 3.8) is 0 Å². The Balaban J connectivity index is 1.96. The first-order valence-corrected chi connectivity index (χ1v) is 5.64. The fourth-order valence-corrected chi connectivity index (χ4v) is 2.18. The molecule has 0 saturated heterocycles. The molecule has 3 nitrogen and oxygen atoms in total. The summed E-state index contributed by atoms with van der Waals surface area (Å²) in [7, 11) is 1.89. The van der Waals surface area contributed by atoms with Gasteiger partial charge in [0.05, 0.1) is 10.4 Å². The summed E-state index contributed by atoms with van der Waals surface area (Å²) < 4.78 is 0. The molecule has 1 aromatic rings. The van der Waals surface area contributed by atoms with Gasteiger partial charge in [-0.25, -0.2) is 0 Å². The van der Waals surface area contributed by atoms with Crippen LogP contribution in [0.5, 0.6) is 0 Å². The Morgan fingerprint density at radius 2 is 2.43 bits per heavy atom. The Morgan fingerprint density at radius 3 is 2.93 bits per heavy atom. The van der Waals surface area contributed by atoms with Gasteiger partial charge in [0.2, 0.25) is 5.91 Å². The Morgan fingerprint density at radius 1 is 1.64 bits per heavy atom. The first-order valence-electron chi connectivity index (χ1n) is 4.76. The number of rotatable bonds is 4. The lowest BCUT2D eigenvalue weighted by Crippen LogP contribution is -2.32. The van der Waals surface area contributed by atoms with Gasteiger partial charge in [0.15, 0.2) is 0 Å². The minimum absolute atomic E-state index is 0.126. The first-order chi connectivity index (χ1) is 6.77. The van der Waals surface area contributed by atoms with E-state index < -0.39 is 0 Å². The van der Waals surface area contributed by atoms with Gasteiger partial charge in [-0.05, 0) is 37.4 Å². The maximum Gasteiger partial charge on any atom is 0.232 e. The van der Waals surface area contributed by atoms with Crippen molar-refractivity contribution in [1.82, 2.24) is 5.32 Å². The van der Waals surface area contributed by atoms with Gasteiger partial charge in [-0.15, -0.1) is 11.3 Å². The maximum absolute atomic E-state index is 11.8. The van der Waals surface area contributed by atoms with Crippen molar-refractivity contribution in [1.29, 1.82) is 0 Å². The number of carbonyl (C=O) groups excluding carboxylic acids is 1. The Hall–Kier alpha value is -0.870. The standard InChI is InChI=1S/C10H14N2OS/c1-11-7-10(4-5-10)9(13)12-8-3-2-6-14-8/h2-3,6,11H,4-5,7H2,1H3,(H,12,13). The van der Waals surface area contributed by atoms with Crippen LogP contribution in [0.25, 0.3) is 0 Å². The van der Waals surface area contributed by atoms with E-state index in [0.717, 1.165) is 24.4 Å². The zero-order valence-electron chi connectivity index (χ0n) is 8.17. The zero-order valence-corrected chi connectivity index (χ0v) is 8.99. The van der Waals surface area contributed by atoms with Gasteiger partial charge in [-0.1, -0.05) is 0 Å². The summed E-state index contributed by atoms with van der Waals surface area (Å²) in [5.41, 5.74) is -0.126. The summed E-state index contributed by atoms with van der Waals surface area (Å²) in [6.45, 7) is 0.782. The number of hydrogen-bond acceptors (Lipinski definition) is 3. The third-order valence-corrected chi connectivity index (χ3v) is 3.39. The van der Waals surface area contributed by atoms with Crippen molar-refractivity contribution in [3.8, 4) is 0 Å². The Labute approximate surface area is 87.5 Å². The molecule has 4 heteroatoms. The summed E-state index contributed by atoms with van der Waals surface area (Å²) in [6.07, 6.45) is 2.01. The lowest BCUT2D eigenvalue weighted by Gasteiger charge is -2.13. The molecule has 0 aliphatic heterocycles. The van der Waals surface area contributed by atoms with Gasteiger partial charge < -0.3 is 10.6 Å². The molecule has 2 rings (SSSR count). The van der Waals surface area contributed by atoms with Gasteiger partial charge in [0, 0.05) is 6.54 Å². The second kappa shape index (κ2) is 3.71. The molecule has 1 fully saturated rings. The van der Waals surface area contributed by atoms with E-state index in [1.54, 1.807) is 11.3 Å². The zero-order chi connectivity index (χ0) is 10.0. The molecule has 0 atom stereocenters. The molecule has 1 aromatic heterocycles. The van der Waals surface area contributed by atoms with E-state index in [1.165, 1.54) is 0 Å². The summed E-state index contributed by atoms with van der Waals surface area (Å²) >= 11 is 1.56. The summed E-state index contributed by atoms with van der Waals surface area (Å²) in [5.74, 6) is 0.161. The molecular formula is C10H14N2OS. The van der Waals surface area contributed by atoms with Crippen molar-refractivity contribution in [3.05, 3.63) is 17.5 Å². The predicted octanol–water partition coefficient (Wildman–Crippen LogP) is 1.69. The third-order valence-electron chi connectivity index (χ3n) is 2.61. The fourth-order valence-electron chi connectivity index (χ4n) is 1.57. The van der Waals surface area contributed by atoms with Crippen molar-refractivity contribution in [2.75, 3.05) is 18.9 Å². The average Bonchev–Trinajstić information content (AvgIpc) is 2.77. The molecular weight excluding hydrogens is 196 g/mol. The van der Waals surface area contributed by atoms with E-state index in [0.29, 0.717) is 0 Å². The predicted molar refractivity (Wildman–Crippen MR) is 58.5 cm³/mol. The summed E-state index contributed by atoms with van der Waals surface area (Å²) in [6, 6.07) is 3.87. The highest BCUT2D eigenvalue weighted by Gasteiger charge is 2.49. The monoisotopic (exact) mass is 210 g/mol. The van der Waals surface area contributed by atoms with Crippen LogP contribution in [0, 0.1) is 5.41 Å². The highest BCUT2D eigenvalue weighted by atomic mass is 32.1. The van der Waals surface area contributed by atoms with Crippen molar-refractivity contribution in [2.45, 2.75) is 12.8 Å². The molecule has 1 heterocycles. The van der Waals surface area contributed by atoms with E-state index in [2.05, 4.69) is 10.6 Å². The SMILES string of the molecule is CNCC1(C(=O)Nc2cccs2)CC1. The van der Waals surface area contributed by atoms with Crippen LogP contribution < -0.4 is 10.6 Å². The number of anilines is 1. The molecule has 1 aliphatic rings. The van der Waals surface area contributed by atoms with Crippen LogP contribution in [0.2, 0.25) is 0 Å². The Kier molecular flexibility index (Phi) is 2.56. The third kappa shape index (κ3) is 1.81. The van der Waals surface area contributed by atoms with Gasteiger partial charge in [0.25, 0.3) is 0 Å². The second-order valence-corrected chi connectivity index (χ2v) is 4.69. The number of thiophene rings is 1. The fraction of sp³-hybridized carbons (Fsp3) is 0.500. The molecule has 0 aromatic carbocycles. The smallest absolute Gasteiger partial charge is 0.232 e. The van der Waals surface area contributed by atoms with Gasteiger partial charge >= 0.3 is 0 Å². The number of nitrogens with one attached hydrogen (secondary N) is 2. The van der Waals surface area contributed by atoms with Crippen LogP contribution in [0.3, 0.4) is 0 Å². The van der Waals surface area contributed by atoms with E-state index in [4.69, 9.17) is 0 Å². The molecule has 76 valence electrons. The molecule has 14 heavy (non-hydrogen) atoms. The molecule has 1 amide bonds. The second-order valence-electron chi connectivity index (χ2n) is 3.74. The van der Waals surface area contributed by atoms with Crippen LogP contribution >= 0.6 is 11.3 Å². The maximum atomic E-state index is 11.8. The minimum atomic E-state index is -0.126. The average molecular weight is 210 g/mol. The van der Waals surface area contributed by atoms with Crippen molar-refractivity contribution >= 4 is 22.2 Å². The molecule has 1 saturated carbocycles. The quantitative estimate of drug-likeness (QED) is 0.794. The van der Waals surface area contributed by atoms with Gasteiger partial charge in [0.1, 0.15) is 0 Å². The Bertz CT molecular complexity index is 317. The number of carbonyl (C=O) groups is 1. The lowest BCUT2D eigenvalue weighted by molar-refractivity contribution is -0.120. The molecule has 0 bridgehead atoms. The van der Waals surface area contributed by atoms with Crippen LogP contribution in [-0.2, 0) is 4.79 Å². The lowest BCUT2D eigenvalue weighted by atomic mass is 10.1.